The number of hydrogen-bond donors (Lipinski definition) is 10. The Morgan fingerprint density at radius 1 is 0.812 bits per heavy atom. The Morgan fingerprint density at radius 3 is 1.84 bits per heavy atom. The molecule has 2 aliphatic heterocycles. The summed E-state index contributed by atoms with van der Waals surface area (Å²) in [6, 6.07) is 0. The molecule has 0 aliphatic carbocycles. The number of aliphatic hydroxyl groups excluding tert-OH is 8. The van der Waals surface area contributed by atoms with Gasteiger partial charge in [0.1, 0.15) is 66.8 Å². The lowest BCUT2D eigenvalue weighted by Gasteiger charge is -2.52. The fourth-order valence-electron chi connectivity index (χ4n) is 4.16. The highest BCUT2D eigenvalue weighted by Crippen LogP contribution is 2.37. The Labute approximate surface area is 184 Å². The van der Waals surface area contributed by atoms with Crippen LogP contribution in [0.2, 0.25) is 0 Å². The van der Waals surface area contributed by atoms with E-state index in [9.17, 15) is 50.9 Å². The molecule has 2 aliphatic rings. The average molecular weight is 470 g/mol. The fraction of sp³-hybridized carbons (Fsp3) is 0.944. The van der Waals surface area contributed by atoms with Crippen molar-refractivity contribution in [1.29, 1.82) is 0 Å². The van der Waals surface area contributed by atoms with Crippen molar-refractivity contribution in [3.05, 3.63) is 0 Å². The van der Waals surface area contributed by atoms with E-state index < -0.39 is 79.9 Å². The third-order valence-corrected chi connectivity index (χ3v) is 6.16. The second kappa shape index (κ2) is 11.5. The second-order valence-corrected chi connectivity index (χ2v) is 8.17. The summed E-state index contributed by atoms with van der Waals surface area (Å²) in [5.41, 5.74) is 3.27. The molecule has 11 N–H and O–H groups in total. The molecule has 0 aromatic heterocycles. The van der Waals surface area contributed by atoms with E-state index in [1.54, 1.807) is 0 Å². The van der Waals surface area contributed by atoms with Gasteiger partial charge in [-0.1, -0.05) is 0 Å². The number of hydrogen-bond acceptors (Lipinski definition) is 14. The Balaban J connectivity index is 2.47. The number of hydroxylamine groups is 2. The predicted octanol–water partition coefficient (Wildman–Crippen LogP) is -5.61. The highest BCUT2D eigenvalue weighted by atomic mass is 16.6. The Bertz CT molecular complexity index is 598. The standard InChI is InChI=1S/C18H34N2O12/c19-4-2-1-3-18(7-23,16-14(28)12(26)10(24)8(5-21)31-16)20(30)17-15(29)13(27)11(25)9(6-22)32-17/h7-17,21-22,24-30H,1-6,19H2/t8-,9-,10-,11+,12+,13+,14-,15-,16?,17?,18+/m1/s1. The predicted molar refractivity (Wildman–Crippen MR) is 103 cm³/mol. The second-order valence-electron chi connectivity index (χ2n) is 8.17. The van der Waals surface area contributed by atoms with E-state index >= 15 is 0 Å². The van der Waals surface area contributed by atoms with Gasteiger partial charge >= 0.3 is 0 Å². The largest absolute Gasteiger partial charge is 0.394 e. The van der Waals surface area contributed by atoms with Crippen molar-refractivity contribution in [2.75, 3.05) is 19.8 Å². The molecule has 2 saturated heterocycles. The van der Waals surface area contributed by atoms with Crippen molar-refractivity contribution >= 4 is 6.29 Å². The molecule has 0 aromatic rings. The van der Waals surface area contributed by atoms with E-state index in [1.807, 2.05) is 0 Å². The van der Waals surface area contributed by atoms with E-state index in [0.29, 0.717) is 6.42 Å². The van der Waals surface area contributed by atoms with Gasteiger partial charge in [-0.05, 0) is 25.8 Å². The van der Waals surface area contributed by atoms with Gasteiger partial charge in [0.2, 0.25) is 0 Å². The molecule has 32 heavy (non-hydrogen) atoms. The molecule has 2 heterocycles. The summed E-state index contributed by atoms with van der Waals surface area (Å²) in [4.78, 5) is 12.4. The van der Waals surface area contributed by atoms with Crippen molar-refractivity contribution in [2.24, 2.45) is 5.73 Å². The molecule has 11 atom stereocenters. The number of nitrogens with two attached hydrogens (primary N) is 1. The van der Waals surface area contributed by atoms with Crippen LogP contribution in [0.5, 0.6) is 0 Å². The third-order valence-electron chi connectivity index (χ3n) is 6.16. The summed E-state index contributed by atoms with van der Waals surface area (Å²) in [6.45, 7) is -1.36. The van der Waals surface area contributed by atoms with Gasteiger partial charge in [-0.15, -0.1) is 5.06 Å². The summed E-state index contributed by atoms with van der Waals surface area (Å²) >= 11 is 0. The Hall–Kier alpha value is -0.850. The lowest BCUT2D eigenvalue weighted by molar-refractivity contribution is -0.362. The molecule has 2 fully saturated rings. The first-order valence-corrected chi connectivity index (χ1v) is 10.4. The number of nitrogens with zero attached hydrogens (tertiary/aromatic N) is 1. The lowest BCUT2D eigenvalue weighted by Crippen LogP contribution is -2.74. The number of aldehydes is 1. The molecule has 14 nitrogen and oxygen atoms in total. The molecule has 0 spiro atoms. The molecule has 0 aromatic carbocycles. The van der Waals surface area contributed by atoms with Crippen molar-refractivity contribution in [1.82, 2.24) is 5.06 Å². The molecule has 2 rings (SSSR count). The van der Waals surface area contributed by atoms with Gasteiger partial charge in [0.25, 0.3) is 0 Å². The number of aliphatic hydroxyl groups is 8. The number of ether oxygens (including phenoxy) is 2. The van der Waals surface area contributed by atoms with E-state index in [2.05, 4.69) is 0 Å². The molecule has 14 heteroatoms. The van der Waals surface area contributed by atoms with Crippen LogP contribution in [0.4, 0.5) is 0 Å². The van der Waals surface area contributed by atoms with Crippen molar-refractivity contribution in [3.8, 4) is 0 Å². The fourth-order valence-corrected chi connectivity index (χ4v) is 4.16. The molecule has 0 amide bonds. The summed E-state index contributed by atoms with van der Waals surface area (Å²) in [6.07, 6.45) is -17.0. The van der Waals surface area contributed by atoms with Crippen LogP contribution in [0.3, 0.4) is 0 Å². The Morgan fingerprint density at radius 2 is 1.34 bits per heavy atom. The number of carbonyl (C=O) groups excluding carboxylic acids is 1. The molecule has 0 radical (unpaired) electrons. The molecule has 188 valence electrons. The first-order chi connectivity index (χ1) is 15.1. The topological polar surface area (TPSA) is 247 Å². The van der Waals surface area contributed by atoms with Gasteiger partial charge in [0, 0.05) is 0 Å². The molecular formula is C18H34N2O12. The van der Waals surface area contributed by atoms with Crippen molar-refractivity contribution in [3.63, 3.8) is 0 Å². The minimum atomic E-state index is -2.23. The minimum absolute atomic E-state index is 0.192. The summed E-state index contributed by atoms with van der Waals surface area (Å²) in [7, 11) is 0. The van der Waals surface area contributed by atoms with E-state index in [-0.39, 0.29) is 30.7 Å². The van der Waals surface area contributed by atoms with Gasteiger partial charge < -0.3 is 66.1 Å². The van der Waals surface area contributed by atoms with Crippen LogP contribution in [-0.4, -0.2) is 144 Å². The number of carbonyl (C=O) groups is 1. The van der Waals surface area contributed by atoms with Gasteiger partial charge in [-0.3, -0.25) is 0 Å². The maximum absolute atomic E-state index is 12.4. The van der Waals surface area contributed by atoms with Crippen LogP contribution >= 0.6 is 0 Å². The third kappa shape index (κ3) is 4.97. The Kier molecular flexibility index (Phi) is 9.87. The van der Waals surface area contributed by atoms with E-state index in [0.717, 1.165) is 0 Å². The maximum Gasteiger partial charge on any atom is 0.163 e. The van der Waals surface area contributed by atoms with Gasteiger partial charge in [0.15, 0.2) is 6.23 Å². The molecule has 2 unspecified atom stereocenters. The normalized spacial score (nSPS) is 42.6. The van der Waals surface area contributed by atoms with Crippen LogP contribution in [-0.2, 0) is 14.3 Å². The summed E-state index contributed by atoms with van der Waals surface area (Å²) in [5.74, 6) is 0. The van der Waals surface area contributed by atoms with Crippen LogP contribution in [0.1, 0.15) is 19.3 Å². The zero-order valence-electron chi connectivity index (χ0n) is 17.4. The van der Waals surface area contributed by atoms with Crippen LogP contribution in [0.25, 0.3) is 0 Å². The zero-order valence-corrected chi connectivity index (χ0v) is 17.4. The first-order valence-electron chi connectivity index (χ1n) is 10.4. The summed E-state index contributed by atoms with van der Waals surface area (Å²) in [5, 5.41) is 91.4. The molecule has 0 saturated carbocycles. The highest BCUT2D eigenvalue weighted by molar-refractivity contribution is 5.66. The van der Waals surface area contributed by atoms with E-state index in [1.165, 1.54) is 0 Å². The monoisotopic (exact) mass is 470 g/mol. The lowest BCUT2D eigenvalue weighted by atomic mass is 9.79. The van der Waals surface area contributed by atoms with Gasteiger partial charge in [0.05, 0.1) is 13.2 Å². The zero-order chi connectivity index (χ0) is 24.2. The van der Waals surface area contributed by atoms with Crippen LogP contribution < -0.4 is 5.73 Å². The first kappa shape index (κ1) is 27.4. The van der Waals surface area contributed by atoms with Gasteiger partial charge in [-0.2, -0.15) is 0 Å². The SMILES string of the molecule is NCCCC[C@](C=O)(C1O[C@H](CO)[C@@H](O)[C@H](O)[C@H]1O)N(O)C1O[C@H](CO)[C@H](O)[C@H](O)[C@H]1O. The van der Waals surface area contributed by atoms with Crippen molar-refractivity contribution < 1.29 is 60.3 Å². The number of unbranched alkanes of at least 4 members (excludes halogenated alkanes) is 1. The highest BCUT2D eigenvalue weighted by Gasteiger charge is 2.59. The van der Waals surface area contributed by atoms with Crippen LogP contribution in [0, 0.1) is 0 Å². The quantitative estimate of drug-likeness (QED) is 0.0812. The molecule has 0 bridgehead atoms. The smallest absolute Gasteiger partial charge is 0.163 e. The minimum Gasteiger partial charge on any atom is -0.394 e. The molecular weight excluding hydrogens is 436 g/mol. The number of rotatable bonds is 10. The summed E-state index contributed by atoms with van der Waals surface area (Å²) < 4.78 is 10.8. The van der Waals surface area contributed by atoms with E-state index in [4.69, 9.17) is 15.2 Å². The van der Waals surface area contributed by atoms with Gasteiger partial charge in [-0.25, -0.2) is 0 Å². The van der Waals surface area contributed by atoms with Crippen LogP contribution in [0.15, 0.2) is 0 Å². The maximum atomic E-state index is 12.4. The average Bonchev–Trinajstić information content (AvgIpc) is 2.79. The van der Waals surface area contributed by atoms with Crippen molar-refractivity contribution in [2.45, 2.75) is 86.0 Å².